The van der Waals surface area contributed by atoms with E-state index in [4.69, 9.17) is 20.2 Å². The van der Waals surface area contributed by atoms with Crippen molar-refractivity contribution in [3.63, 3.8) is 0 Å². The normalized spacial score (nSPS) is 9.08. The molecule has 0 radical (unpaired) electrons. The molecule has 7 heteroatoms. The van der Waals surface area contributed by atoms with E-state index in [-0.39, 0.29) is 17.0 Å². The van der Waals surface area contributed by atoms with Crippen LogP contribution in [0.25, 0.3) is 11.3 Å². The van der Waals surface area contributed by atoms with Gasteiger partial charge in [0.15, 0.2) is 5.57 Å². The number of esters is 1. The first-order valence-electron chi connectivity index (χ1n) is 6.63. The summed E-state index contributed by atoms with van der Waals surface area (Å²) in [4.78, 5) is 11.5. The van der Waals surface area contributed by atoms with Crippen molar-refractivity contribution in [2.24, 2.45) is 0 Å². The molecule has 0 saturated carbocycles. The third kappa shape index (κ3) is 3.24. The van der Waals surface area contributed by atoms with Crippen molar-refractivity contribution in [2.75, 3.05) is 12.4 Å². The average Bonchev–Trinajstić information content (AvgIpc) is 3.11. The summed E-state index contributed by atoms with van der Waals surface area (Å²) in [5, 5.41) is 29.7. The van der Waals surface area contributed by atoms with Gasteiger partial charge in [-0.2, -0.15) is 15.8 Å². The van der Waals surface area contributed by atoms with Crippen LogP contribution in [0, 0.1) is 34.0 Å². The van der Waals surface area contributed by atoms with Crippen molar-refractivity contribution in [3.8, 4) is 29.5 Å². The quantitative estimate of drug-likeness (QED) is 0.679. The molecule has 0 atom stereocenters. The second-order valence-corrected chi connectivity index (χ2v) is 4.41. The molecule has 0 aliphatic carbocycles. The Kier molecular flexibility index (Phi) is 4.98. The van der Waals surface area contributed by atoms with Gasteiger partial charge in [0.05, 0.1) is 12.8 Å². The van der Waals surface area contributed by atoms with Crippen molar-refractivity contribution in [1.29, 1.82) is 15.8 Å². The zero-order valence-corrected chi connectivity index (χ0v) is 12.5. The number of nitrogens with zero attached hydrogens (tertiary/aromatic N) is 3. The van der Waals surface area contributed by atoms with E-state index >= 15 is 0 Å². The van der Waals surface area contributed by atoms with E-state index in [0.29, 0.717) is 17.0 Å². The number of benzene rings is 1. The van der Waals surface area contributed by atoms with E-state index in [9.17, 15) is 4.79 Å². The second-order valence-electron chi connectivity index (χ2n) is 4.41. The van der Waals surface area contributed by atoms with Crippen molar-refractivity contribution in [1.82, 2.24) is 0 Å². The van der Waals surface area contributed by atoms with Crippen molar-refractivity contribution in [3.05, 3.63) is 53.4 Å². The first-order valence-corrected chi connectivity index (χ1v) is 6.63. The van der Waals surface area contributed by atoms with E-state index in [2.05, 4.69) is 10.1 Å². The minimum absolute atomic E-state index is 0.0353. The molecule has 1 N–H and O–H groups in total. The number of furan rings is 1. The molecule has 0 aliphatic heterocycles. The molecular weight excluding hydrogens is 308 g/mol. The maximum Gasteiger partial charge on any atom is 0.373 e. The third-order valence-electron chi connectivity index (χ3n) is 3.03. The molecule has 24 heavy (non-hydrogen) atoms. The van der Waals surface area contributed by atoms with Gasteiger partial charge in [-0.3, -0.25) is 0 Å². The molecule has 0 spiro atoms. The van der Waals surface area contributed by atoms with Crippen LogP contribution in [0.5, 0.6) is 0 Å². The van der Waals surface area contributed by atoms with Crippen LogP contribution in [0.3, 0.4) is 0 Å². The zero-order chi connectivity index (χ0) is 17.5. The fourth-order valence-corrected chi connectivity index (χ4v) is 1.92. The van der Waals surface area contributed by atoms with E-state index in [0.717, 1.165) is 0 Å². The molecule has 0 amide bonds. The highest BCUT2D eigenvalue weighted by atomic mass is 16.5. The van der Waals surface area contributed by atoms with Crippen molar-refractivity contribution < 1.29 is 13.9 Å². The number of nitrogens with one attached hydrogen (secondary N) is 1. The molecule has 0 fully saturated rings. The summed E-state index contributed by atoms with van der Waals surface area (Å²) in [6.07, 6.45) is 0. The van der Waals surface area contributed by atoms with Gasteiger partial charge >= 0.3 is 5.97 Å². The zero-order valence-electron chi connectivity index (χ0n) is 12.5. The molecular formula is C17H10N4O3. The number of hydrogen-bond acceptors (Lipinski definition) is 7. The van der Waals surface area contributed by atoms with Gasteiger partial charge < -0.3 is 14.5 Å². The number of rotatable bonds is 4. The lowest BCUT2D eigenvalue weighted by atomic mass is 10.1. The topological polar surface area (TPSA) is 123 Å². The van der Waals surface area contributed by atoms with Crippen LogP contribution in [-0.4, -0.2) is 13.1 Å². The van der Waals surface area contributed by atoms with Crippen LogP contribution in [-0.2, 0) is 4.74 Å². The molecule has 2 aromatic rings. The Hall–Kier alpha value is -4.02. The second kappa shape index (κ2) is 7.31. The predicted molar refractivity (Wildman–Crippen MR) is 83.0 cm³/mol. The Bertz CT molecular complexity index is 920. The van der Waals surface area contributed by atoms with Crippen LogP contribution in [0.15, 0.2) is 52.1 Å². The molecule has 7 nitrogen and oxygen atoms in total. The summed E-state index contributed by atoms with van der Waals surface area (Å²) in [6.45, 7) is 0. The van der Waals surface area contributed by atoms with Gasteiger partial charge in [-0.25, -0.2) is 4.79 Å². The van der Waals surface area contributed by atoms with E-state index in [1.807, 2.05) is 0 Å². The number of carbonyl (C=O) groups excluding carboxylic acids is 1. The predicted octanol–water partition coefficient (Wildman–Crippen LogP) is 2.97. The molecule has 1 heterocycles. The van der Waals surface area contributed by atoms with Crippen molar-refractivity contribution in [2.45, 2.75) is 0 Å². The first-order chi connectivity index (χ1) is 11.6. The number of hydrogen-bond donors (Lipinski definition) is 1. The highest BCUT2D eigenvalue weighted by Gasteiger charge is 2.15. The highest BCUT2D eigenvalue weighted by molar-refractivity contribution is 5.87. The van der Waals surface area contributed by atoms with Crippen molar-refractivity contribution >= 4 is 11.7 Å². The molecule has 0 unspecified atom stereocenters. The lowest BCUT2D eigenvalue weighted by Gasteiger charge is -2.09. The highest BCUT2D eigenvalue weighted by Crippen LogP contribution is 2.30. The van der Waals surface area contributed by atoms with Gasteiger partial charge in [0.25, 0.3) is 0 Å². The van der Waals surface area contributed by atoms with Crippen LogP contribution in [0.1, 0.15) is 10.6 Å². The number of para-hydroxylation sites is 1. The summed E-state index contributed by atoms with van der Waals surface area (Å²) in [5.74, 6) is -0.208. The Morgan fingerprint density at radius 1 is 1.08 bits per heavy atom. The van der Waals surface area contributed by atoms with Gasteiger partial charge in [0, 0.05) is 5.56 Å². The average molecular weight is 318 g/mol. The molecule has 0 bridgehead atoms. The number of methoxy groups -OCH3 is 1. The minimum atomic E-state index is -0.611. The molecule has 0 aliphatic rings. The number of ether oxygens (including phenoxy) is 1. The van der Waals surface area contributed by atoms with Crippen LogP contribution < -0.4 is 5.32 Å². The first kappa shape index (κ1) is 16.4. The summed E-state index contributed by atoms with van der Waals surface area (Å²) in [7, 11) is 1.25. The van der Waals surface area contributed by atoms with Gasteiger partial charge in [-0.05, 0) is 24.3 Å². The van der Waals surface area contributed by atoms with E-state index in [1.165, 1.54) is 13.2 Å². The number of allylic oxidation sites excluding steroid dienone is 2. The Morgan fingerprint density at radius 3 is 2.42 bits per heavy atom. The monoisotopic (exact) mass is 318 g/mol. The summed E-state index contributed by atoms with van der Waals surface area (Å²) in [5.41, 5.74) is 0.493. The van der Waals surface area contributed by atoms with Gasteiger partial charge in [0.1, 0.15) is 29.7 Å². The molecule has 1 aromatic carbocycles. The third-order valence-corrected chi connectivity index (χ3v) is 3.03. The number of carbonyl (C=O) groups is 1. The SMILES string of the molecule is COC(=O)c1ccc(-c2ccccc2NC(C#N)=C(C#N)C#N)o1. The summed E-state index contributed by atoms with van der Waals surface area (Å²) < 4.78 is 10.0. The number of nitriles is 3. The lowest BCUT2D eigenvalue weighted by molar-refractivity contribution is 0.0566. The van der Waals surface area contributed by atoms with Crippen LogP contribution >= 0.6 is 0 Å². The fourth-order valence-electron chi connectivity index (χ4n) is 1.92. The fraction of sp³-hybridized carbons (Fsp3) is 0.0588. The lowest BCUT2D eigenvalue weighted by Crippen LogP contribution is -2.02. The van der Waals surface area contributed by atoms with Crippen LogP contribution in [0.4, 0.5) is 5.69 Å². The molecule has 1 aromatic heterocycles. The largest absolute Gasteiger partial charge is 0.463 e. The summed E-state index contributed by atoms with van der Waals surface area (Å²) >= 11 is 0. The van der Waals surface area contributed by atoms with Crippen LogP contribution in [0.2, 0.25) is 0 Å². The Labute approximate surface area is 137 Å². The van der Waals surface area contributed by atoms with Gasteiger partial charge in [-0.1, -0.05) is 12.1 Å². The number of anilines is 1. The Morgan fingerprint density at radius 2 is 1.79 bits per heavy atom. The maximum absolute atomic E-state index is 11.5. The van der Waals surface area contributed by atoms with E-state index in [1.54, 1.807) is 48.5 Å². The Balaban J connectivity index is 2.46. The smallest absolute Gasteiger partial charge is 0.373 e. The molecule has 116 valence electrons. The van der Waals surface area contributed by atoms with Gasteiger partial charge in [-0.15, -0.1) is 0 Å². The molecule has 2 rings (SSSR count). The van der Waals surface area contributed by atoms with Gasteiger partial charge in [0.2, 0.25) is 5.76 Å². The maximum atomic E-state index is 11.5. The summed E-state index contributed by atoms with van der Waals surface area (Å²) in [6, 6.07) is 15.0. The standard InChI is InChI=1S/C17H10N4O3/c1-23-17(22)16-7-6-15(24-16)12-4-2-3-5-13(12)21-14(10-20)11(8-18)9-19/h2-7,21H,1H3. The van der Waals surface area contributed by atoms with E-state index < -0.39 is 5.97 Å². The molecule has 0 saturated heterocycles. The minimum Gasteiger partial charge on any atom is -0.463 e.